The first-order valence-corrected chi connectivity index (χ1v) is 11.8. The number of pyridine rings is 1. The number of guanidine groups is 1. The highest BCUT2D eigenvalue weighted by Gasteiger charge is 2.53. The summed E-state index contributed by atoms with van der Waals surface area (Å²) in [4.78, 5) is 28.6. The van der Waals surface area contributed by atoms with E-state index < -0.39 is 18.3 Å². The van der Waals surface area contributed by atoms with Gasteiger partial charge in [-0.25, -0.2) is 9.98 Å². The van der Waals surface area contributed by atoms with Gasteiger partial charge in [0, 0.05) is 31.3 Å². The Morgan fingerprint density at radius 1 is 1.26 bits per heavy atom. The molecule has 1 atom stereocenters. The van der Waals surface area contributed by atoms with Crippen LogP contribution in [-0.2, 0) is 11.2 Å². The molecule has 1 unspecified atom stereocenters. The summed E-state index contributed by atoms with van der Waals surface area (Å²) in [6, 6.07) is 2.02. The number of aliphatic imine (C=N–C) groups is 2. The molecular formula is C25H31F3N6O. The molecule has 35 heavy (non-hydrogen) atoms. The smallest absolute Gasteiger partial charge is 0.323 e. The van der Waals surface area contributed by atoms with Crippen LogP contribution in [0.1, 0.15) is 36.9 Å². The molecule has 3 aliphatic rings. The van der Waals surface area contributed by atoms with Gasteiger partial charge in [-0.15, -0.1) is 0 Å². The lowest BCUT2D eigenvalue weighted by Gasteiger charge is -2.42. The van der Waals surface area contributed by atoms with Gasteiger partial charge in [0.1, 0.15) is 5.78 Å². The van der Waals surface area contributed by atoms with E-state index in [2.05, 4.69) is 39.3 Å². The van der Waals surface area contributed by atoms with Crippen molar-refractivity contribution in [1.82, 2.24) is 14.8 Å². The molecule has 1 saturated heterocycles. The number of halogens is 3. The van der Waals surface area contributed by atoms with Gasteiger partial charge in [-0.3, -0.25) is 14.7 Å². The Balaban J connectivity index is 1.55. The number of carbonyl (C=O) groups is 1. The van der Waals surface area contributed by atoms with E-state index in [1.54, 1.807) is 12.2 Å². The summed E-state index contributed by atoms with van der Waals surface area (Å²) in [7, 11) is 4.11. The van der Waals surface area contributed by atoms with Crippen molar-refractivity contribution in [2.24, 2.45) is 15.4 Å². The molecule has 1 spiro atoms. The van der Waals surface area contributed by atoms with Crippen LogP contribution < -0.4 is 5.32 Å². The van der Waals surface area contributed by atoms with E-state index in [-0.39, 0.29) is 30.9 Å². The quantitative estimate of drug-likeness (QED) is 0.482. The highest BCUT2D eigenvalue weighted by molar-refractivity contribution is 6.14. The van der Waals surface area contributed by atoms with Crippen LogP contribution in [0.25, 0.3) is 0 Å². The summed E-state index contributed by atoms with van der Waals surface area (Å²) in [5, 5.41) is 3.21. The van der Waals surface area contributed by atoms with E-state index in [0.717, 1.165) is 42.8 Å². The third kappa shape index (κ3) is 5.47. The molecule has 0 radical (unpaired) electrons. The molecule has 1 aliphatic carbocycles. The lowest BCUT2D eigenvalue weighted by Crippen LogP contribution is -2.49. The fourth-order valence-corrected chi connectivity index (χ4v) is 4.76. The number of anilines is 1. The van der Waals surface area contributed by atoms with Crippen LogP contribution in [0.3, 0.4) is 0 Å². The Morgan fingerprint density at radius 2 is 2.06 bits per heavy atom. The van der Waals surface area contributed by atoms with Gasteiger partial charge in [-0.2, -0.15) is 13.2 Å². The number of allylic oxidation sites excluding steroid dienone is 3. The van der Waals surface area contributed by atoms with E-state index >= 15 is 0 Å². The maximum atomic E-state index is 13.8. The second kappa shape index (κ2) is 9.93. The molecule has 1 aromatic rings. The Bertz CT molecular complexity index is 1100. The summed E-state index contributed by atoms with van der Waals surface area (Å²) in [6.45, 7) is 2.53. The van der Waals surface area contributed by atoms with Gasteiger partial charge in [0.15, 0.2) is 0 Å². The average molecular weight is 489 g/mol. The van der Waals surface area contributed by atoms with Crippen LogP contribution in [0, 0.1) is 12.3 Å². The predicted molar refractivity (Wildman–Crippen MR) is 130 cm³/mol. The molecule has 0 saturated carbocycles. The summed E-state index contributed by atoms with van der Waals surface area (Å²) in [6.07, 6.45) is 4.77. The minimum absolute atomic E-state index is 0.0133. The third-order valence-electron chi connectivity index (χ3n) is 6.63. The van der Waals surface area contributed by atoms with Crippen molar-refractivity contribution in [1.29, 1.82) is 0 Å². The number of Topliss-reactive ketones (excluding diaryl/α,β-unsaturated/α-hetero) is 1. The molecule has 2 aliphatic heterocycles. The van der Waals surface area contributed by atoms with E-state index in [9.17, 15) is 18.0 Å². The third-order valence-corrected chi connectivity index (χ3v) is 6.63. The van der Waals surface area contributed by atoms with E-state index in [1.807, 2.05) is 19.2 Å². The van der Waals surface area contributed by atoms with Gasteiger partial charge in [-0.1, -0.05) is 6.08 Å². The fourth-order valence-electron chi connectivity index (χ4n) is 4.76. The van der Waals surface area contributed by atoms with Crippen LogP contribution in [0.15, 0.2) is 46.2 Å². The maximum absolute atomic E-state index is 13.8. The monoisotopic (exact) mass is 488 g/mol. The number of alkyl halides is 3. The number of aromatic nitrogens is 1. The van der Waals surface area contributed by atoms with Gasteiger partial charge in [0.25, 0.3) is 0 Å². The Kier molecular flexibility index (Phi) is 7.12. The minimum Gasteiger partial charge on any atom is -0.323 e. The van der Waals surface area contributed by atoms with Crippen molar-refractivity contribution in [3.8, 4) is 0 Å². The number of hydrogen-bond donors (Lipinski definition) is 1. The summed E-state index contributed by atoms with van der Waals surface area (Å²) in [5.41, 5.74) is 1.89. The van der Waals surface area contributed by atoms with Crippen LogP contribution >= 0.6 is 0 Å². The zero-order valence-corrected chi connectivity index (χ0v) is 20.3. The molecule has 0 amide bonds. The molecule has 3 heterocycles. The number of nitrogens with zero attached hydrogens (tertiary/aromatic N) is 5. The zero-order chi connectivity index (χ0) is 25.2. The first-order chi connectivity index (χ1) is 16.6. The lowest BCUT2D eigenvalue weighted by atomic mass is 9.72. The molecule has 0 bridgehead atoms. The van der Waals surface area contributed by atoms with Gasteiger partial charge in [0.05, 0.1) is 29.1 Å². The Hall–Kier alpha value is -3.01. The number of aryl methyl sites for hydroxylation is 2. The van der Waals surface area contributed by atoms with Crippen molar-refractivity contribution in [2.45, 2.75) is 45.3 Å². The fraction of sp³-hybridized carbons (Fsp3) is 0.520. The number of unbranched alkanes of at least 4 members (excludes halogenated alkanes) is 1. The van der Waals surface area contributed by atoms with Crippen LogP contribution in [0.5, 0.6) is 0 Å². The highest BCUT2D eigenvalue weighted by Crippen LogP contribution is 2.46. The molecule has 7 nitrogen and oxygen atoms in total. The highest BCUT2D eigenvalue weighted by atomic mass is 19.4. The number of likely N-dealkylation sites (tertiary alicyclic amines) is 1. The molecule has 4 rings (SSSR count). The molecule has 1 fully saturated rings. The maximum Gasteiger partial charge on any atom is 0.484 e. The molecule has 10 heteroatoms. The van der Waals surface area contributed by atoms with Crippen LogP contribution in [0.2, 0.25) is 0 Å². The number of carbonyl (C=O) groups excluding carboxylic acids is 1. The van der Waals surface area contributed by atoms with E-state index in [0.29, 0.717) is 16.6 Å². The molecular weight excluding hydrogens is 457 g/mol. The summed E-state index contributed by atoms with van der Waals surface area (Å²) in [5.74, 6) is 0.0840. The van der Waals surface area contributed by atoms with Gasteiger partial charge >= 0.3 is 6.30 Å². The largest absolute Gasteiger partial charge is 0.484 e. The van der Waals surface area contributed by atoms with Crippen LogP contribution in [0.4, 0.5) is 18.9 Å². The van der Waals surface area contributed by atoms with Crippen LogP contribution in [-0.4, -0.2) is 72.3 Å². The lowest BCUT2D eigenvalue weighted by molar-refractivity contribution is -0.234. The standard InChI is InChI=1S/C25H31F3N6O/c1-17-20(13-18(15-29-17)7-4-5-11-33(2)3)31-23-30-16-24-14-19(35)10-12-34(25(26,27)28)22(24)9-6-8-21(24)32-23/h6,8-9,13,15H,4-5,7,10-12,14,16H2,1-3H3,(H,30,31). The van der Waals surface area contributed by atoms with Crippen molar-refractivity contribution < 1.29 is 18.0 Å². The second-order valence-electron chi connectivity index (χ2n) is 9.58. The van der Waals surface area contributed by atoms with Crippen molar-refractivity contribution in [2.75, 3.05) is 39.0 Å². The SMILES string of the molecule is Cc1ncc(CCCCN(C)C)cc1NC1=NCC23CC(=O)CCN(C(F)(F)F)C2=CC=CC3=N1. The van der Waals surface area contributed by atoms with Crippen molar-refractivity contribution in [3.05, 3.63) is 47.4 Å². The zero-order valence-electron chi connectivity index (χ0n) is 20.3. The summed E-state index contributed by atoms with van der Waals surface area (Å²) < 4.78 is 41.5. The first kappa shape index (κ1) is 25.1. The normalized spacial score (nSPS) is 22.2. The van der Waals surface area contributed by atoms with Crippen molar-refractivity contribution in [3.63, 3.8) is 0 Å². The Morgan fingerprint density at radius 3 is 2.80 bits per heavy atom. The first-order valence-electron chi connectivity index (χ1n) is 11.8. The average Bonchev–Trinajstić information content (AvgIpc) is 2.93. The molecule has 0 aromatic carbocycles. The van der Waals surface area contributed by atoms with Gasteiger partial charge < -0.3 is 10.2 Å². The molecule has 1 aromatic heterocycles. The molecule has 1 N–H and O–H groups in total. The minimum atomic E-state index is -4.59. The summed E-state index contributed by atoms with van der Waals surface area (Å²) >= 11 is 0. The van der Waals surface area contributed by atoms with E-state index in [4.69, 9.17) is 0 Å². The van der Waals surface area contributed by atoms with Gasteiger partial charge in [-0.05, 0) is 70.6 Å². The second-order valence-corrected chi connectivity index (χ2v) is 9.58. The number of rotatable bonds is 6. The van der Waals surface area contributed by atoms with E-state index in [1.165, 1.54) is 6.08 Å². The number of hydrogen-bond acceptors (Lipinski definition) is 7. The number of ketones is 1. The topological polar surface area (TPSA) is 73.2 Å². The molecule has 188 valence electrons. The Labute approximate surface area is 203 Å². The van der Waals surface area contributed by atoms with Gasteiger partial charge in [0.2, 0.25) is 5.96 Å². The number of nitrogens with one attached hydrogen (secondary N) is 1. The predicted octanol–water partition coefficient (Wildman–Crippen LogP) is 4.12. The van der Waals surface area contributed by atoms with Crippen molar-refractivity contribution >= 4 is 23.1 Å².